The zero-order chi connectivity index (χ0) is 23.1. The van der Waals surface area contributed by atoms with Crippen LogP contribution in [-0.2, 0) is 11.3 Å². The summed E-state index contributed by atoms with van der Waals surface area (Å²) in [5, 5.41) is 15.2. The van der Waals surface area contributed by atoms with E-state index in [-0.39, 0.29) is 18.1 Å². The Kier molecular flexibility index (Phi) is 7.33. The number of carbonyl (C=O) groups is 2. The van der Waals surface area contributed by atoms with Crippen LogP contribution in [0.25, 0.3) is 0 Å². The van der Waals surface area contributed by atoms with Gasteiger partial charge in [0.25, 0.3) is 5.91 Å². The van der Waals surface area contributed by atoms with Gasteiger partial charge < -0.3 is 25.2 Å². The summed E-state index contributed by atoms with van der Waals surface area (Å²) in [6.45, 7) is 4.21. The zero-order valence-electron chi connectivity index (χ0n) is 18.3. The molecule has 7 nitrogen and oxygen atoms in total. The van der Waals surface area contributed by atoms with Crippen LogP contribution >= 0.6 is 0 Å². The summed E-state index contributed by atoms with van der Waals surface area (Å²) in [7, 11) is 1.54. The van der Waals surface area contributed by atoms with Gasteiger partial charge >= 0.3 is 5.97 Å². The Morgan fingerprint density at radius 2 is 1.69 bits per heavy atom. The topological polar surface area (TPSA) is 96.9 Å². The molecule has 0 atom stereocenters. The van der Waals surface area contributed by atoms with Crippen molar-refractivity contribution in [3.63, 3.8) is 0 Å². The largest absolute Gasteiger partial charge is 0.493 e. The molecule has 0 bridgehead atoms. The van der Waals surface area contributed by atoms with Crippen LogP contribution in [-0.4, -0.2) is 30.7 Å². The number of carboxylic acid groups (broad SMARTS) is 1. The third kappa shape index (κ3) is 6.01. The number of ether oxygens (including phenoxy) is 2. The molecule has 32 heavy (non-hydrogen) atoms. The first-order valence-electron chi connectivity index (χ1n) is 10.1. The van der Waals surface area contributed by atoms with E-state index >= 15 is 0 Å². The summed E-state index contributed by atoms with van der Waals surface area (Å²) in [5.74, 6) is -0.225. The van der Waals surface area contributed by atoms with Crippen molar-refractivity contribution in [2.45, 2.75) is 20.4 Å². The molecule has 3 aromatic rings. The predicted molar refractivity (Wildman–Crippen MR) is 124 cm³/mol. The molecule has 0 spiro atoms. The van der Waals surface area contributed by atoms with Gasteiger partial charge in [-0.1, -0.05) is 23.8 Å². The molecule has 0 aliphatic rings. The molecule has 0 aromatic heterocycles. The van der Waals surface area contributed by atoms with Crippen LogP contribution < -0.4 is 20.1 Å². The second-order valence-electron chi connectivity index (χ2n) is 7.38. The summed E-state index contributed by atoms with van der Waals surface area (Å²) in [6.07, 6.45) is 0. The quantitative estimate of drug-likeness (QED) is 0.454. The number of aromatic carboxylic acids is 1. The van der Waals surface area contributed by atoms with Crippen molar-refractivity contribution in [2.75, 3.05) is 24.4 Å². The van der Waals surface area contributed by atoms with E-state index in [1.807, 2.05) is 50.2 Å². The van der Waals surface area contributed by atoms with Crippen molar-refractivity contribution in [3.8, 4) is 11.5 Å². The number of anilines is 2. The number of benzene rings is 3. The van der Waals surface area contributed by atoms with Crippen LogP contribution in [0.4, 0.5) is 11.4 Å². The van der Waals surface area contributed by atoms with E-state index in [2.05, 4.69) is 10.6 Å². The van der Waals surface area contributed by atoms with Crippen LogP contribution in [0, 0.1) is 13.8 Å². The second kappa shape index (κ2) is 10.3. The molecule has 0 fully saturated rings. The van der Waals surface area contributed by atoms with Crippen LogP contribution in [0.1, 0.15) is 27.0 Å². The summed E-state index contributed by atoms with van der Waals surface area (Å²) in [4.78, 5) is 23.2. The lowest BCUT2D eigenvalue weighted by atomic mass is 10.1. The zero-order valence-corrected chi connectivity index (χ0v) is 18.3. The Morgan fingerprint density at radius 3 is 2.34 bits per heavy atom. The summed E-state index contributed by atoms with van der Waals surface area (Å²) in [5.41, 5.74) is 4.72. The molecule has 3 aromatic carbocycles. The molecule has 1 amide bonds. The average molecular weight is 434 g/mol. The first-order chi connectivity index (χ1) is 15.4. The Hall–Kier alpha value is -4.00. The fourth-order valence-electron chi connectivity index (χ4n) is 3.11. The van der Waals surface area contributed by atoms with E-state index in [4.69, 9.17) is 14.6 Å². The van der Waals surface area contributed by atoms with E-state index in [1.54, 1.807) is 31.4 Å². The number of carboxylic acids is 1. The molecule has 0 unspecified atom stereocenters. The van der Waals surface area contributed by atoms with Crippen molar-refractivity contribution in [2.24, 2.45) is 0 Å². The van der Waals surface area contributed by atoms with Crippen LogP contribution in [0.5, 0.6) is 11.5 Å². The van der Waals surface area contributed by atoms with Gasteiger partial charge in [0.15, 0.2) is 18.1 Å². The minimum absolute atomic E-state index is 0.142. The van der Waals surface area contributed by atoms with Crippen molar-refractivity contribution in [1.82, 2.24) is 0 Å². The van der Waals surface area contributed by atoms with Crippen molar-refractivity contribution < 1.29 is 24.2 Å². The molecule has 7 heteroatoms. The highest BCUT2D eigenvalue weighted by Crippen LogP contribution is 2.29. The van der Waals surface area contributed by atoms with Gasteiger partial charge in [-0.05, 0) is 67.4 Å². The normalized spacial score (nSPS) is 10.3. The molecular formula is C25H26N2O5. The first-order valence-corrected chi connectivity index (χ1v) is 10.1. The number of methoxy groups -OCH3 is 1. The highest BCUT2D eigenvalue weighted by Gasteiger charge is 2.10. The number of aryl methyl sites for hydroxylation is 2. The van der Waals surface area contributed by atoms with E-state index in [0.717, 1.165) is 22.4 Å². The van der Waals surface area contributed by atoms with Gasteiger partial charge in [0.05, 0.1) is 12.7 Å². The van der Waals surface area contributed by atoms with Crippen molar-refractivity contribution >= 4 is 23.3 Å². The van der Waals surface area contributed by atoms with Crippen molar-refractivity contribution in [3.05, 3.63) is 82.9 Å². The van der Waals surface area contributed by atoms with Gasteiger partial charge in [0.2, 0.25) is 0 Å². The average Bonchev–Trinajstić information content (AvgIpc) is 2.78. The van der Waals surface area contributed by atoms with E-state index in [1.165, 1.54) is 0 Å². The third-order valence-electron chi connectivity index (χ3n) is 4.88. The Morgan fingerprint density at radius 1 is 0.938 bits per heavy atom. The van der Waals surface area contributed by atoms with Gasteiger partial charge in [-0.2, -0.15) is 0 Å². The third-order valence-corrected chi connectivity index (χ3v) is 4.88. The summed E-state index contributed by atoms with van der Waals surface area (Å²) >= 11 is 0. The number of amides is 1. The molecular weight excluding hydrogens is 408 g/mol. The predicted octanol–water partition coefficient (Wildman–Crippen LogP) is 4.64. The molecule has 0 saturated heterocycles. The summed E-state index contributed by atoms with van der Waals surface area (Å²) in [6, 6.07) is 17.9. The van der Waals surface area contributed by atoms with Gasteiger partial charge in [-0.3, -0.25) is 4.79 Å². The second-order valence-corrected chi connectivity index (χ2v) is 7.38. The maximum atomic E-state index is 12.2. The number of rotatable bonds is 9. The smallest absolute Gasteiger partial charge is 0.335 e. The maximum absolute atomic E-state index is 12.2. The lowest BCUT2D eigenvalue weighted by Crippen LogP contribution is -2.20. The van der Waals surface area contributed by atoms with Gasteiger partial charge in [-0.15, -0.1) is 0 Å². The molecule has 0 heterocycles. The SMILES string of the molecule is COc1cc(CNc2ccc(C(=O)O)cc2C)ccc1OCC(=O)Nc1ccc(C)cc1. The molecule has 0 aliphatic carbocycles. The molecule has 0 radical (unpaired) electrons. The maximum Gasteiger partial charge on any atom is 0.335 e. The van der Waals surface area contributed by atoms with Crippen LogP contribution in [0.3, 0.4) is 0 Å². The minimum atomic E-state index is -0.951. The molecule has 0 aliphatic heterocycles. The van der Waals surface area contributed by atoms with E-state index in [0.29, 0.717) is 23.7 Å². The molecule has 3 rings (SSSR count). The lowest BCUT2D eigenvalue weighted by molar-refractivity contribution is -0.118. The van der Waals surface area contributed by atoms with E-state index in [9.17, 15) is 9.59 Å². The Bertz CT molecular complexity index is 1110. The van der Waals surface area contributed by atoms with Gasteiger partial charge in [-0.25, -0.2) is 4.79 Å². The van der Waals surface area contributed by atoms with Crippen molar-refractivity contribution in [1.29, 1.82) is 0 Å². The fourth-order valence-corrected chi connectivity index (χ4v) is 3.11. The standard InChI is InChI=1S/C25H26N2O5/c1-16-4-8-20(9-5-16)27-24(28)15-32-22-11-6-18(13-23(22)31-3)14-26-21-10-7-19(25(29)30)12-17(21)2/h4-13,26H,14-15H2,1-3H3,(H,27,28)(H,29,30). The number of hydrogen-bond acceptors (Lipinski definition) is 5. The molecule has 0 saturated carbocycles. The molecule has 3 N–H and O–H groups in total. The number of carbonyl (C=O) groups excluding carboxylic acids is 1. The molecule has 166 valence electrons. The van der Waals surface area contributed by atoms with Crippen LogP contribution in [0.15, 0.2) is 60.7 Å². The van der Waals surface area contributed by atoms with Crippen LogP contribution in [0.2, 0.25) is 0 Å². The number of nitrogens with one attached hydrogen (secondary N) is 2. The lowest BCUT2D eigenvalue weighted by Gasteiger charge is -2.14. The van der Waals surface area contributed by atoms with E-state index < -0.39 is 5.97 Å². The monoisotopic (exact) mass is 434 g/mol. The highest BCUT2D eigenvalue weighted by molar-refractivity contribution is 5.92. The van der Waals surface area contributed by atoms with Gasteiger partial charge in [0.1, 0.15) is 0 Å². The Balaban J connectivity index is 1.58. The first kappa shape index (κ1) is 22.7. The Labute approximate surface area is 187 Å². The van der Waals surface area contributed by atoms with Gasteiger partial charge in [0, 0.05) is 17.9 Å². The minimum Gasteiger partial charge on any atom is -0.493 e. The summed E-state index contributed by atoms with van der Waals surface area (Å²) < 4.78 is 11.1. The fraction of sp³-hybridized carbons (Fsp3) is 0.200. The number of hydrogen-bond donors (Lipinski definition) is 3. The highest BCUT2D eigenvalue weighted by atomic mass is 16.5.